The molecule has 0 aliphatic carbocycles. The highest BCUT2D eigenvalue weighted by Gasteiger charge is 2.12. The Bertz CT molecular complexity index is 244. The Morgan fingerprint density at radius 3 is 3.55 bits per heavy atom. The molecule has 1 aliphatic rings. The predicted molar refractivity (Wildman–Crippen MR) is 41.6 cm³/mol. The first-order valence-corrected chi connectivity index (χ1v) is 4.05. The molecule has 3 heteroatoms. The molecule has 1 aromatic rings. The van der Waals surface area contributed by atoms with E-state index in [1.807, 2.05) is 10.7 Å². The second-order valence-electron chi connectivity index (χ2n) is 2.96. The Kier molecular flexibility index (Phi) is 1.56. The van der Waals surface area contributed by atoms with Crippen LogP contribution in [0.15, 0.2) is 12.3 Å². The Labute approximate surface area is 66.0 Å². The van der Waals surface area contributed by atoms with Gasteiger partial charge in [0.05, 0.1) is 12.3 Å². The lowest BCUT2D eigenvalue weighted by atomic mass is 10.2. The third-order valence-electron chi connectivity index (χ3n) is 1.98. The van der Waals surface area contributed by atoms with Gasteiger partial charge in [-0.15, -0.1) is 0 Å². The third-order valence-corrected chi connectivity index (χ3v) is 1.98. The summed E-state index contributed by atoms with van der Waals surface area (Å²) in [6.07, 6.45) is 4.42. The van der Waals surface area contributed by atoms with Crippen LogP contribution in [0, 0.1) is 0 Å². The zero-order valence-electron chi connectivity index (χ0n) is 6.66. The number of aromatic nitrogens is 2. The van der Waals surface area contributed by atoms with Crippen molar-refractivity contribution in [1.82, 2.24) is 9.78 Å². The Morgan fingerprint density at radius 2 is 2.64 bits per heavy atom. The van der Waals surface area contributed by atoms with Crippen molar-refractivity contribution < 1.29 is 4.74 Å². The van der Waals surface area contributed by atoms with Gasteiger partial charge in [-0.2, -0.15) is 5.10 Å². The van der Waals surface area contributed by atoms with Crippen LogP contribution in [-0.4, -0.2) is 15.9 Å². The first kappa shape index (κ1) is 6.70. The molecule has 0 saturated carbocycles. The van der Waals surface area contributed by atoms with Crippen LogP contribution in [-0.2, 0) is 6.54 Å². The molecule has 3 nitrogen and oxygen atoms in total. The Morgan fingerprint density at radius 1 is 1.73 bits per heavy atom. The molecule has 60 valence electrons. The van der Waals surface area contributed by atoms with E-state index in [4.69, 9.17) is 4.74 Å². The fraction of sp³-hybridized carbons (Fsp3) is 0.625. The summed E-state index contributed by atoms with van der Waals surface area (Å²) >= 11 is 0. The van der Waals surface area contributed by atoms with Crippen molar-refractivity contribution in [1.29, 1.82) is 0 Å². The smallest absolute Gasteiger partial charge is 0.211 e. The molecule has 0 bridgehead atoms. The average molecular weight is 152 g/mol. The fourth-order valence-electron chi connectivity index (χ4n) is 1.38. The maximum Gasteiger partial charge on any atom is 0.211 e. The standard InChI is InChI=1S/C8H12N2O/c1-7-3-2-6-10-8(11-7)4-5-9-10/h4-5,7H,2-3,6H2,1H3. The van der Waals surface area contributed by atoms with Gasteiger partial charge in [0.1, 0.15) is 0 Å². The quantitative estimate of drug-likeness (QED) is 0.562. The van der Waals surface area contributed by atoms with E-state index in [0.29, 0.717) is 6.10 Å². The van der Waals surface area contributed by atoms with Crippen molar-refractivity contribution in [2.75, 3.05) is 0 Å². The van der Waals surface area contributed by atoms with E-state index in [-0.39, 0.29) is 0 Å². The van der Waals surface area contributed by atoms with Crippen molar-refractivity contribution in [3.63, 3.8) is 0 Å². The van der Waals surface area contributed by atoms with E-state index in [1.54, 1.807) is 6.20 Å². The zero-order chi connectivity index (χ0) is 7.68. The van der Waals surface area contributed by atoms with E-state index in [0.717, 1.165) is 25.3 Å². The number of rotatable bonds is 0. The largest absolute Gasteiger partial charge is 0.475 e. The summed E-state index contributed by atoms with van der Waals surface area (Å²) in [5, 5.41) is 4.14. The molecule has 0 N–H and O–H groups in total. The number of hydrogen-bond donors (Lipinski definition) is 0. The van der Waals surface area contributed by atoms with Crippen LogP contribution in [0.4, 0.5) is 0 Å². The molecule has 11 heavy (non-hydrogen) atoms. The highest BCUT2D eigenvalue weighted by molar-refractivity contribution is 5.08. The van der Waals surface area contributed by atoms with Gasteiger partial charge in [0.25, 0.3) is 0 Å². The molecular weight excluding hydrogens is 140 g/mol. The molecular formula is C8H12N2O. The molecule has 1 aliphatic heterocycles. The van der Waals surface area contributed by atoms with Gasteiger partial charge < -0.3 is 4.74 Å². The normalized spacial score (nSPS) is 23.5. The minimum Gasteiger partial charge on any atom is -0.475 e. The SMILES string of the molecule is CC1CCCn2nccc2O1. The molecule has 1 unspecified atom stereocenters. The van der Waals surface area contributed by atoms with Gasteiger partial charge in [-0.3, -0.25) is 0 Å². The summed E-state index contributed by atoms with van der Waals surface area (Å²) in [5.41, 5.74) is 0. The number of nitrogens with zero attached hydrogens (tertiary/aromatic N) is 2. The van der Waals surface area contributed by atoms with Gasteiger partial charge >= 0.3 is 0 Å². The van der Waals surface area contributed by atoms with Crippen LogP contribution in [0.1, 0.15) is 19.8 Å². The number of aryl methyl sites for hydroxylation is 1. The molecule has 0 amide bonds. The molecule has 2 rings (SSSR count). The van der Waals surface area contributed by atoms with Crippen LogP contribution in [0.25, 0.3) is 0 Å². The van der Waals surface area contributed by atoms with Crippen molar-refractivity contribution in [2.45, 2.75) is 32.4 Å². The van der Waals surface area contributed by atoms with Crippen molar-refractivity contribution in [3.05, 3.63) is 12.3 Å². The van der Waals surface area contributed by atoms with E-state index in [1.165, 1.54) is 0 Å². The summed E-state index contributed by atoms with van der Waals surface area (Å²) in [7, 11) is 0. The molecule has 1 atom stereocenters. The van der Waals surface area contributed by atoms with Crippen LogP contribution in [0.5, 0.6) is 5.88 Å². The molecule has 0 spiro atoms. The fourth-order valence-corrected chi connectivity index (χ4v) is 1.38. The lowest BCUT2D eigenvalue weighted by molar-refractivity contribution is 0.208. The monoisotopic (exact) mass is 152 g/mol. The predicted octanol–water partition coefficient (Wildman–Crippen LogP) is 1.44. The minimum absolute atomic E-state index is 0.341. The number of ether oxygens (including phenoxy) is 1. The lowest BCUT2D eigenvalue weighted by Crippen LogP contribution is -2.09. The second kappa shape index (κ2) is 2.57. The Balaban J connectivity index is 2.26. The summed E-state index contributed by atoms with van der Waals surface area (Å²) in [4.78, 5) is 0. The van der Waals surface area contributed by atoms with Crippen molar-refractivity contribution >= 4 is 0 Å². The number of fused-ring (bicyclic) bond motifs is 1. The Hall–Kier alpha value is -0.990. The van der Waals surface area contributed by atoms with Gasteiger partial charge in [0.15, 0.2) is 0 Å². The average Bonchev–Trinajstić information content (AvgIpc) is 2.31. The van der Waals surface area contributed by atoms with Crippen LogP contribution >= 0.6 is 0 Å². The minimum atomic E-state index is 0.341. The first-order valence-electron chi connectivity index (χ1n) is 4.05. The molecule has 0 aromatic carbocycles. The van der Waals surface area contributed by atoms with Gasteiger partial charge in [0.2, 0.25) is 5.88 Å². The van der Waals surface area contributed by atoms with E-state index in [2.05, 4.69) is 12.0 Å². The summed E-state index contributed by atoms with van der Waals surface area (Å²) in [6, 6.07) is 1.92. The van der Waals surface area contributed by atoms with E-state index < -0.39 is 0 Å². The topological polar surface area (TPSA) is 27.1 Å². The molecule has 0 saturated heterocycles. The summed E-state index contributed by atoms with van der Waals surface area (Å²) in [5.74, 6) is 0.912. The molecule has 2 heterocycles. The van der Waals surface area contributed by atoms with E-state index in [9.17, 15) is 0 Å². The van der Waals surface area contributed by atoms with E-state index >= 15 is 0 Å². The second-order valence-corrected chi connectivity index (χ2v) is 2.96. The highest BCUT2D eigenvalue weighted by atomic mass is 16.5. The number of hydrogen-bond acceptors (Lipinski definition) is 2. The summed E-state index contributed by atoms with van der Waals surface area (Å²) in [6.45, 7) is 3.09. The van der Waals surface area contributed by atoms with Gasteiger partial charge in [-0.25, -0.2) is 4.68 Å². The van der Waals surface area contributed by atoms with Crippen molar-refractivity contribution in [3.8, 4) is 5.88 Å². The lowest BCUT2D eigenvalue weighted by Gasteiger charge is -2.08. The zero-order valence-corrected chi connectivity index (χ0v) is 6.66. The molecule has 0 radical (unpaired) electrons. The van der Waals surface area contributed by atoms with Gasteiger partial charge in [-0.05, 0) is 19.8 Å². The maximum absolute atomic E-state index is 5.60. The van der Waals surface area contributed by atoms with Crippen molar-refractivity contribution in [2.24, 2.45) is 0 Å². The van der Waals surface area contributed by atoms with Crippen LogP contribution in [0.2, 0.25) is 0 Å². The molecule has 1 aromatic heterocycles. The van der Waals surface area contributed by atoms with Crippen LogP contribution in [0.3, 0.4) is 0 Å². The highest BCUT2D eigenvalue weighted by Crippen LogP contribution is 2.18. The van der Waals surface area contributed by atoms with Crippen LogP contribution < -0.4 is 4.74 Å². The third kappa shape index (κ3) is 1.23. The maximum atomic E-state index is 5.60. The van der Waals surface area contributed by atoms with Gasteiger partial charge in [-0.1, -0.05) is 0 Å². The summed E-state index contributed by atoms with van der Waals surface area (Å²) < 4.78 is 7.52. The van der Waals surface area contributed by atoms with Gasteiger partial charge in [0, 0.05) is 12.6 Å². The molecule has 0 fully saturated rings. The first-order chi connectivity index (χ1) is 5.36.